The Morgan fingerprint density at radius 2 is 1.54 bits per heavy atom. The number of rotatable bonds is 11. The summed E-state index contributed by atoms with van der Waals surface area (Å²) in [6.07, 6.45) is 1.89. The molecular formula is C37H53N3O7Si. The van der Waals surface area contributed by atoms with E-state index in [1.165, 1.54) is 4.90 Å². The van der Waals surface area contributed by atoms with Gasteiger partial charge in [0, 0.05) is 5.92 Å². The third-order valence-corrected chi connectivity index (χ3v) is 13.8. The van der Waals surface area contributed by atoms with Gasteiger partial charge in [-0.3, -0.25) is 14.5 Å². The van der Waals surface area contributed by atoms with Gasteiger partial charge in [0.05, 0.1) is 25.8 Å². The van der Waals surface area contributed by atoms with Crippen molar-refractivity contribution < 1.29 is 33.1 Å². The molecule has 11 heteroatoms. The fraction of sp³-hybridized carbons (Fsp3) is 0.541. The summed E-state index contributed by atoms with van der Waals surface area (Å²) in [7, 11) is -2.30. The number of fused-ring (bicyclic) bond motifs is 3. The molecule has 10 nitrogen and oxygen atoms in total. The monoisotopic (exact) mass is 679 g/mol. The van der Waals surface area contributed by atoms with Crippen LogP contribution in [0.15, 0.2) is 60.2 Å². The minimum absolute atomic E-state index is 0.0465. The van der Waals surface area contributed by atoms with Crippen LogP contribution in [0.25, 0.3) is 11.1 Å². The second kappa shape index (κ2) is 14.8. The van der Waals surface area contributed by atoms with E-state index in [2.05, 4.69) is 46.0 Å². The Balaban J connectivity index is 1.68. The van der Waals surface area contributed by atoms with Crippen LogP contribution in [0.3, 0.4) is 0 Å². The maximum atomic E-state index is 14.1. The van der Waals surface area contributed by atoms with E-state index in [0.717, 1.165) is 33.7 Å². The molecule has 2 N–H and O–H groups in total. The fourth-order valence-corrected chi connectivity index (χ4v) is 6.70. The first-order chi connectivity index (χ1) is 22.4. The summed E-state index contributed by atoms with van der Waals surface area (Å²) >= 11 is 0. The molecule has 4 rings (SSSR count). The predicted octanol–water partition coefficient (Wildman–Crippen LogP) is 7.39. The van der Waals surface area contributed by atoms with Gasteiger partial charge in [0.15, 0.2) is 8.32 Å². The Kier molecular flexibility index (Phi) is 11.5. The minimum Gasteiger partial charge on any atom is -0.448 e. The number of hydrogen-bond donors (Lipinski definition) is 1. The molecule has 2 aromatic carbocycles. The molecule has 2 atom stereocenters. The van der Waals surface area contributed by atoms with E-state index < -0.39 is 44.1 Å². The van der Waals surface area contributed by atoms with Crippen LogP contribution in [0.4, 0.5) is 9.59 Å². The lowest BCUT2D eigenvalue weighted by molar-refractivity contribution is -0.167. The predicted molar refractivity (Wildman–Crippen MR) is 189 cm³/mol. The van der Waals surface area contributed by atoms with Gasteiger partial charge in [-0.05, 0) is 73.2 Å². The zero-order valence-electron chi connectivity index (χ0n) is 30.0. The summed E-state index contributed by atoms with van der Waals surface area (Å²) in [5, 5.41) is 1.05. The van der Waals surface area contributed by atoms with Crippen LogP contribution >= 0.6 is 0 Å². The molecule has 0 radical (unpaired) electrons. The zero-order valence-corrected chi connectivity index (χ0v) is 31.0. The summed E-state index contributed by atoms with van der Waals surface area (Å²) in [5.41, 5.74) is 10.0. The van der Waals surface area contributed by atoms with Gasteiger partial charge in [0.25, 0.3) is 0 Å². The van der Waals surface area contributed by atoms with E-state index in [1.807, 2.05) is 43.3 Å². The highest BCUT2D eigenvalue weighted by Crippen LogP contribution is 2.44. The second-order valence-electron chi connectivity index (χ2n) is 15.1. The molecule has 0 spiro atoms. The van der Waals surface area contributed by atoms with Crippen LogP contribution in [0.1, 0.15) is 78.4 Å². The number of nitrogens with zero attached hydrogens (tertiary/aromatic N) is 2. The molecule has 0 aromatic heterocycles. The molecule has 1 aliphatic heterocycles. The van der Waals surface area contributed by atoms with E-state index in [-0.39, 0.29) is 37.3 Å². The van der Waals surface area contributed by atoms with Crippen molar-refractivity contribution in [3.05, 3.63) is 71.3 Å². The number of carbonyl (C=O) groups excluding carboxylic acids is 3. The lowest BCUT2D eigenvalue weighted by Crippen LogP contribution is -2.59. The van der Waals surface area contributed by atoms with Crippen molar-refractivity contribution in [2.75, 3.05) is 26.4 Å². The number of amides is 3. The normalized spacial score (nSPS) is 18.1. The van der Waals surface area contributed by atoms with Gasteiger partial charge in [-0.15, -0.1) is 0 Å². The Morgan fingerprint density at radius 1 is 0.958 bits per heavy atom. The van der Waals surface area contributed by atoms with Crippen molar-refractivity contribution in [2.45, 2.75) is 103 Å². The van der Waals surface area contributed by atoms with E-state index in [4.69, 9.17) is 24.5 Å². The molecular weight excluding hydrogens is 627 g/mol. The fourth-order valence-electron chi connectivity index (χ4n) is 5.74. The van der Waals surface area contributed by atoms with E-state index >= 15 is 0 Å². The van der Waals surface area contributed by atoms with Gasteiger partial charge in [-0.25, -0.2) is 9.59 Å². The lowest BCUT2D eigenvalue weighted by atomic mass is 9.97. The van der Waals surface area contributed by atoms with Gasteiger partial charge in [-0.2, -0.15) is 5.06 Å². The molecule has 2 aliphatic rings. The average molecular weight is 680 g/mol. The molecule has 0 saturated heterocycles. The number of hydroxylamine groups is 2. The summed E-state index contributed by atoms with van der Waals surface area (Å²) in [5.74, 6) is -0.899. The Labute approximate surface area is 286 Å². The maximum Gasteiger partial charge on any atom is 0.435 e. The van der Waals surface area contributed by atoms with Gasteiger partial charge in [0.2, 0.25) is 5.91 Å². The molecule has 2 aromatic rings. The van der Waals surface area contributed by atoms with Crippen LogP contribution < -0.4 is 5.73 Å². The van der Waals surface area contributed by atoms with Crippen LogP contribution in [0.5, 0.6) is 0 Å². The zero-order chi connectivity index (χ0) is 35.4. The highest BCUT2D eigenvalue weighted by Gasteiger charge is 2.44. The highest BCUT2D eigenvalue weighted by atomic mass is 28.4. The number of unbranched alkanes of at least 4 members (excludes halogenated alkanes) is 1. The van der Waals surface area contributed by atoms with Crippen LogP contribution in [-0.2, 0) is 23.5 Å². The number of benzene rings is 2. The molecule has 1 unspecified atom stereocenters. The quantitative estimate of drug-likeness (QED) is 0.114. The topological polar surface area (TPSA) is 121 Å². The largest absolute Gasteiger partial charge is 0.448 e. The van der Waals surface area contributed by atoms with Crippen molar-refractivity contribution in [3.63, 3.8) is 0 Å². The van der Waals surface area contributed by atoms with E-state index in [1.54, 1.807) is 26.8 Å². The summed E-state index contributed by atoms with van der Waals surface area (Å²) < 4.78 is 18.3. The van der Waals surface area contributed by atoms with Crippen molar-refractivity contribution in [1.29, 1.82) is 0 Å². The third-order valence-electron chi connectivity index (χ3n) is 9.30. The molecule has 0 fully saturated rings. The third kappa shape index (κ3) is 8.48. The number of nitrogens with two attached hydrogens (primary N) is 1. The second-order valence-corrected chi connectivity index (χ2v) is 19.9. The summed E-state index contributed by atoms with van der Waals surface area (Å²) in [6, 6.07) is 14.2. The first-order valence-corrected chi connectivity index (χ1v) is 19.8. The first kappa shape index (κ1) is 37.2. The number of hydrogen-bond acceptors (Lipinski definition) is 7. The Bertz CT molecular complexity index is 1470. The molecule has 3 amide bonds. The van der Waals surface area contributed by atoms with Gasteiger partial charge < -0.3 is 19.6 Å². The van der Waals surface area contributed by atoms with Crippen LogP contribution in [0.2, 0.25) is 18.1 Å². The first-order valence-electron chi connectivity index (χ1n) is 16.9. The Hall–Kier alpha value is -3.67. The van der Waals surface area contributed by atoms with E-state index in [0.29, 0.717) is 12.0 Å². The average Bonchev–Trinajstić information content (AvgIpc) is 3.32. The molecule has 1 aliphatic carbocycles. The summed E-state index contributed by atoms with van der Waals surface area (Å²) in [4.78, 5) is 48.1. The molecule has 262 valence electrons. The van der Waals surface area contributed by atoms with E-state index in [9.17, 15) is 14.4 Å². The van der Waals surface area contributed by atoms with Crippen molar-refractivity contribution >= 4 is 26.4 Å². The van der Waals surface area contributed by atoms with Gasteiger partial charge in [0.1, 0.15) is 18.2 Å². The standard InChI is InChI=1S/C37H53N3O7Si/c1-10-11-20-45-40(35(43)47-36(2,3)4)26-21-25(23-46-48(8,9)37(5,6)7)32(33(38)41)39(22-26)34(42)44-24-31-29-18-14-12-16-27(29)28-17-13-15-19-30(28)31/h12-19,21,26,31-32H,10-11,20,22-24H2,1-9H3,(H2,38,41)/t26-,32?/m1/s1. The smallest absolute Gasteiger partial charge is 0.435 e. The van der Waals surface area contributed by atoms with Gasteiger partial charge >= 0.3 is 12.2 Å². The molecule has 1 heterocycles. The van der Waals surface area contributed by atoms with Gasteiger partial charge in [-0.1, -0.05) is 88.7 Å². The van der Waals surface area contributed by atoms with Crippen molar-refractivity contribution in [2.24, 2.45) is 5.73 Å². The SMILES string of the molecule is CCCCON(C(=O)OC(C)(C)C)[C@@H]1C=C(CO[Si](C)(C)C(C)(C)C)C(C(N)=O)N(C(=O)OCC2c3ccccc3-c3ccccc32)C1. The highest BCUT2D eigenvalue weighted by molar-refractivity contribution is 6.74. The number of primary amides is 1. The van der Waals surface area contributed by atoms with Crippen LogP contribution in [0, 0.1) is 0 Å². The lowest BCUT2D eigenvalue weighted by Gasteiger charge is -2.42. The minimum atomic E-state index is -2.30. The van der Waals surface area contributed by atoms with Crippen molar-refractivity contribution in [1.82, 2.24) is 9.96 Å². The molecule has 0 saturated carbocycles. The number of ether oxygens (including phenoxy) is 2. The van der Waals surface area contributed by atoms with Crippen molar-refractivity contribution in [3.8, 4) is 11.1 Å². The Morgan fingerprint density at radius 3 is 2.06 bits per heavy atom. The number of carbonyl (C=O) groups is 3. The maximum absolute atomic E-state index is 14.1. The van der Waals surface area contributed by atoms with Crippen LogP contribution in [-0.4, -0.2) is 80.4 Å². The molecule has 48 heavy (non-hydrogen) atoms. The summed E-state index contributed by atoms with van der Waals surface area (Å²) in [6.45, 7) is 18.2. The molecule has 0 bridgehead atoms.